The Kier molecular flexibility index (Phi) is 2.68. The van der Waals surface area contributed by atoms with Crippen LogP contribution in [0.15, 0.2) is 24.3 Å². The molecule has 0 saturated heterocycles. The number of carboxylic acid groups (broad SMARTS) is 1. The number of benzene rings is 1. The molecule has 0 saturated carbocycles. The zero-order chi connectivity index (χ0) is 10.8. The van der Waals surface area contributed by atoms with Crippen LogP contribution in [0.1, 0.15) is 17.5 Å². The molecule has 0 aromatic heterocycles. The predicted octanol–water partition coefficient (Wildman–Crippen LogP) is 1.35. The van der Waals surface area contributed by atoms with E-state index in [-0.39, 0.29) is 0 Å². The van der Waals surface area contributed by atoms with Crippen LogP contribution in [0.4, 0.5) is 0 Å². The molecule has 0 fully saturated rings. The van der Waals surface area contributed by atoms with Gasteiger partial charge in [-0.2, -0.15) is 0 Å². The van der Waals surface area contributed by atoms with Crippen molar-refractivity contribution in [3.8, 4) is 0 Å². The first kappa shape index (κ1) is 10.1. The number of rotatable bonds is 1. The number of hydrogen-bond acceptors (Lipinski definition) is 2. The third-order valence-corrected chi connectivity index (χ3v) is 2.91. The Hall–Kier alpha value is -1.42. The minimum atomic E-state index is -0.842. The van der Waals surface area contributed by atoms with Gasteiger partial charge in [-0.1, -0.05) is 36.5 Å². The zero-order valence-corrected chi connectivity index (χ0v) is 8.88. The lowest BCUT2D eigenvalue weighted by Crippen LogP contribution is -2.39. The van der Waals surface area contributed by atoms with Crippen LogP contribution in [-0.2, 0) is 11.2 Å². The van der Waals surface area contributed by atoms with Gasteiger partial charge >= 0.3 is 5.97 Å². The minimum absolute atomic E-state index is 0.538. The second-order valence-corrected chi connectivity index (χ2v) is 3.97. The third kappa shape index (κ3) is 1.99. The van der Waals surface area contributed by atoms with Crippen LogP contribution in [0, 0.1) is 0 Å². The molecule has 1 atom stereocenters. The highest BCUT2D eigenvalue weighted by Gasteiger charge is 2.23. The van der Waals surface area contributed by atoms with E-state index in [1.807, 2.05) is 24.3 Å². The summed E-state index contributed by atoms with van der Waals surface area (Å²) in [7, 11) is 0. The van der Waals surface area contributed by atoms with Crippen molar-refractivity contribution in [1.82, 2.24) is 5.32 Å². The minimum Gasteiger partial charge on any atom is -0.480 e. The smallest absolute Gasteiger partial charge is 0.326 e. The lowest BCUT2D eigenvalue weighted by atomic mass is 10.0. The highest BCUT2D eigenvalue weighted by atomic mass is 32.1. The molecule has 2 N–H and O–H groups in total. The molecule has 1 aliphatic rings. The van der Waals surface area contributed by atoms with Gasteiger partial charge in [-0.25, -0.2) is 4.79 Å². The second-order valence-electron chi connectivity index (χ2n) is 3.56. The Balaban J connectivity index is 2.32. The summed E-state index contributed by atoms with van der Waals surface area (Å²) in [5.74, 6) is -0.842. The molecule has 15 heavy (non-hydrogen) atoms. The quantitative estimate of drug-likeness (QED) is 0.703. The Morgan fingerprint density at radius 1 is 1.47 bits per heavy atom. The average Bonchev–Trinajstić information content (AvgIpc) is 2.39. The largest absolute Gasteiger partial charge is 0.480 e. The molecule has 0 amide bonds. The van der Waals surface area contributed by atoms with Crippen molar-refractivity contribution >= 4 is 23.2 Å². The number of thiocarbonyl (C=S) groups is 1. The summed E-state index contributed by atoms with van der Waals surface area (Å²) in [6.45, 7) is 0. The number of hydrogen-bond donors (Lipinski definition) is 2. The monoisotopic (exact) mass is 221 g/mol. The van der Waals surface area contributed by atoms with Crippen molar-refractivity contribution < 1.29 is 9.90 Å². The van der Waals surface area contributed by atoms with Crippen LogP contribution < -0.4 is 5.32 Å². The molecule has 1 aromatic rings. The molecule has 0 bridgehead atoms. The van der Waals surface area contributed by atoms with Gasteiger partial charge in [0.25, 0.3) is 0 Å². The molecule has 0 spiro atoms. The van der Waals surface area contributed by atoms with Gasteiger partial charge in [-0.15, -0.1) is 0 Å². The number of nitrogens with one attached hydrogen (secondary N) is 1. The first-order chi connectivity index (χ1) is 7.18. The average molecular weight is 221 g/mol. The highest BCUT2D eigenvalue weighted by molar-refractivity contribution is 7.80. The van der Waals surface area contributed by atoms with Gasteiger partial charge in [0.2, 0.25) is 0 Å². The van der Waals surface area contributed by atoms with Gasteiger partial charge in [0.05, 0.1) is 0 Å². The molecule has 1 unspecified atom stereocenters. The molecule has 3 nitrogen and oxygen atoms in total. The van der Waals surface area contributed by atoms with Crippen molar-refractivity contribution in [3.05, 3.63) is 35.4 Å². The van der Waals surface area contributed by atoms with E-state index >= 15 is 0 Å². The first-order valence-electron chi connectivity index (χ1n) is 4.80. The zero-order valence-electron chi connectivity index (χ0n) is 8.06. The number of aryl methyl sites for hydroxylation is 1. The SMILES string of the molecule is O=C(O)C1CCc2ccccc2C(=S)N1. The highest BCUT2D eigenvalue weighted by Crippen LogP contribution is 2.16. The summed E-state index contributed by atoms with van der Waals surface area (Å²) in [5.41, 5.74) is 2.08. The Morgan fingerprint density at radius 2 is 2.20 bits per heavy atom. The number of carbonyl (C=O) groups is 1. The van der Waals surface area contributed by atoms with Gasteiger partial charge < -0.3 is 10.4 Å². The van der Waals surface area contributed by atoms with Crippen molar-refractivity contribution in [2.45, 2.75) is 18.9 Å². The summed E-state index contributed by atoms with van der Waals surface area (Å²) in [6, 6.07) is 7.21. The fourth-order valence-electron chi connectivity index (χ4n) is 1.75. The maximum Gasteiger partial charge on any atom is 0.326 e. The van der Waals surface area contributed by atoms with Gasteiger partial charge in [-0.3, -0.25) is 0 Å². The molecule has 78 valence electrons. The van der Waals surface area contributed by atoms with Crippen LogP contribution in [0.25, 0.3) is 0 Å². The Morgan fingerprint density at radius 3 is 2.93 bits per heavy atom. The van der Waals surface area contributed by atoms with Crippen molar-refractivity contribution in [3.63, 3.8) is 0 Å². The lowest BCUT2D eigenvalue weighted by molar-refractivity contribution is -0.139. The van der Waals surface area contributed by atoms with E-state index in [1.165, 1.54) is 0 Å². The normalized spacial score (nSPS) is 20.0. The van der Waals surface area contributed by atoms with E-state index in [0.29, 0.717) is 11.4 Å². The van der Waals surface area contributed by atoms with E-state index in [2.05, 4.69) is 5.32 Å². The number of fused-ring (bicyclic) bond motifs is 1. The summed E-state index contributed by atoms with van der Waals surface area (Å²) in [4.78, 5) is 11.4. The molecule has 2 rings (SSSR count). The fourth-order valence-corrected chi connectivity index (χ4v) is 2.09. The lowest BCUT2D eigenvalue weighted by Gasteiger charge is -2.11. The van der Waals surface area contributed by atoms with Crippen LogP contribution in [0.3, 0.4) is 0 Å². The molecule has 1 aliphatic heterocycles. The standard InChI is InChI=1S/C11H11NO2S/c13-11(14)9-6-5-7-3-1-2-4-8(7)10(15)12-9/h1-4,9H,5-6H2,(H,12,15)(H,13,14). The number of aliphatic carboxylic acids is 1. The second kappa shape index (κ2) is 3.98. The molecule has 4 heteroatoms. The van der Waals surface area contributed by atoms with E-state index in [9.17, 15) is 4.79 Å². The van der Waals surface area contributed by atoms with Crippen molar-refractivity contribution in [2.75, 3.05) is 0 Å². The number of carboxylic acids is 1. The van der Waals surface area contributed by atoms with Gasteiger partial charge in [0.15, 0.2) is 0 Å². The van der Waals surface area contributed by atoms with Gasteiger partial charge in [0, 0.05) is 5.56 Å². The molecular formula is C11H11NO2S. The summed E-state index contributed by atoms with van der Waals surface area (Å²) in [5, 5.41) is 11.8. The molecule has 0 radical (unpaired) electrons. The Bertz CT molecular complexity index is 417. The van der Waals surface area contributed by atoms with E-state index in [4.69, 9.17) is 17.3 Å². The maximum absolute atomic E-state index is 10.9. The van der Waals surface area contributed by atoms with Crippen molar-refractivity contribution in [1.29, 1.82) is 0 Å². The van der Waals surface area contributed by atoms with Crippen LogP contribution in [-0.4, -0.2) is 22.1 Å². The summed E-state index contributed by atoms with van der Waals surface area (Å²) < 4.78 is 0. The predicted molar refractivity (Wildman–Crippen MR) is 61.0 cm³/mol. The summed E-state index contributed by atoms with van der Waals surface area (Å²) >= 11 is 5.17. The van der Waals surface area contributed by atoms with E-state index < -0.39 is 12.0 Å². The molecule has 1 aromatic carbocycles. The summed E-state index contributed by atoms with van der Waals surface area (Å²) in [6.07, 6.45) is 1.33. The Labute approximate surface area is 93.1 Å². The topological polar surface area (TPSA) is 49.3 Å². The van der Waals surface area contributed by atoms with E-state index in [1.54, 1.807) is 0 Å². The van der Waals surface area contributed by atoms with Crippen molar-refractivity contribution in [2.24, 2.45) is 0 Å². The fraction of sp³-hybridized carbons (Fsp3) is 0.273. The maximum atomic E-state index is 10.9. The first-order valence-corrected chi connectivity index (χ1v) is 5.21. The van der Waals surface area contributed by atoms with Crippen LogP contribution >= 0.6 is 12.2 Å². The molecule has 0 aliphatic carbocycles. The van der Waals surface area contributed by atoms with Gasteiger partial charge in [0.1, 0.15) is 11.0 Å². The van der Waals surface area contributed by atoms with Crippen LogP contribution in [0.2, 0.25) is 0 Å². The van der Waals surface area contributed by atoms with Gasteiger partial charge in [-0.05, 0) is 18.4 Å². The third-order valence-electron chi connectivity index (χ3n) is 2.57. The van der Waals surface area contributed by atoms with Crippen LogP contribution in [0.5, 0.6) is 0 Å². The molecular weight excluding hydrogens is 210 g/mol. The van der Waals surface area contributed by atoms with E-state index in [0.717, 1.165) is 17.5 Å². The molecule has 1 heterocycles.